The number of carbonyl (C=O) groups excluding carboxylic acids is 1. The summed E-state index contributed by atoms with van der Waals surface area (Å²) in [6.07, 6.45) is -0.133. The van der Waals surface area contributed by atoms with E-state index in [0.29, 0.717) is 28.3 Å². The Morgan fingerprint density at radius 3 is 2.76 bits per heavy atom. The van der Waals surface area contributed by atoms with Gasteiger partial charge >= 0.3 is 11.6 Å². The van der Waals surface area contributed by atoms with Crippen molar-refractivity contribution in [1.29, 1.82) is 0 Å². The summed E-state index contributed by atoms with van der Waals surface area (Å²) in [5.41, 5.74) is 1.47. The molecule has 1 aromatic carbocycles. The number of methoxy groups -OCH3 is 1. The van der Waals surface area contributed by atoms with Crippen LogP contribution < -0.4 is 15.5 Å². The van der Waals surface area contributed by atoms with E-state index in [4.69, 9.17) is 9.15 Å². The second-order valence-corrected chi connectivity index (χ2v) is 5.40. The first-order chi connectivity index (χ1) is 12.0. The van der Waals surface area contributed by atoms with Crippen molar-refractivity contribution in [2.75, 3.05) is 7.11 Å². The van der Waals surface area contributed by atoms with E-state index in [0.717, 1.165) is 5.39 Å². The minimum Gasteiger partial charge on any atom is -0.488 e. The third kappa shape index (κ3) is 3.21. The number of aromatic nitrogens is 4. The summed E-state index contributed by atoms with van der Waals surface area (Å²) >= 11 is 0. The molecule has 0 amide bonds. The Kier molecular flexibility index (Phi) is 4.46. The molecule has 130 valence electrons. The van der Waals surface area contributed by atoms with Crippen LogP contribution >= 0.6 is 0 Å². The van der Waals surface area contributed by atoms with Crippen LogP contribution in [0.4, 0.5) is 0 Å². The number of esters is 1. The summed E-state index contributed by atoms with van der Waals surface area (Å²) in [5, 5.41) is 14.9. The predicted molar refractivity (Wildman–Crippen MR) is 85.2 cm³/mol. The van der Waals surface area contributed by atoms with Gasteiger partial charge in [-0.2, -0.15) is 5.21 Å². The zero-order chi connectivity index (χ0) is 18.0. The molecule has 0 aliphatic carbocycles. The van der Waals surface area contributed by atoms with Crippen LogP contribution in [-0.2, 0) is 22.6 Å². The fraction of sp³-hybridized carbons (Fsp3) is 0.312. The first-order valence-corrected chi connectivity index (χ1v) is 7.44. The Labute approximate surface area is 141 Å². The zero-order valence-electron chi connectivity index (χ0n) is 13.9. The maximum Gasteiger partial charge on any atom is 0.340 e. The van der Waals surface area contributed by atoms with Crippen molar-refractivity contribution in [3.8, 4) is 5.75 Å². The lowest BCUT2D eigenvalue weighted by molar-refractivity contribution is -0.139. The highest BCUT2D eigenvalue weighted by Crippen LogP contribution is 2.29. The number of hydrogen-bond acceptors (Lipinski definition) is 8. The van der Waals surface area contributed by atoms with E-state index in [1.165, 1.54) is 7.11 Å². The SMILES string of the molecule is COC(=O)Cc1c(C)c2ccc(OCc3nnn[n-]3)c(C)c2oc1=O. The van der Waals surface area contributed by atoms with Crippen LogP contribution in [0.5, 0.6) is 5.75 Å². The number of carbonyl (C=O) groups is 1. The van der Waals surface area contributed by atoms with Gasteiger partial charge in [0.15, 0.2) is 0 Å². The summed E-state index contributed by atoms with van der Waals surface area (Å²) in [6, 6.07) is 3.54. The van der Waals surface area contributed by atoms with Gasteiger partial charge in [0.25, 0.3) is 0 Å². The van der Waals surface area contributed by atoms with Crippen LogP contribution in [-0.4, -0.2) is 28.6 Å². The number of nitrogens with zero attached hydrogens (tertiary/aromatic N) is 4. The Morgan fingerprint density at radius 2 is 2.08 bits per heavy atom. The van der Waals surface area contributed by atoms with Gasteiger partial charge < -0.3 is 19.0 Å². The number of aryl methyl sites for hydroxylation is 2. The topological polar surface area (TPSA) is 119 Å². The van der Waals surface area contributed by atoms with E-state index in [2.05, 4.69) is 25.4 Å². The molecule has 0 saturated carbocycles. The highest BCUT2D eigenvalue weighted by Gasteiger charge is 2.17. The fourth-order valence-corrected chi connectivity index (χ4v) is 2.51. The van der Waals surface area contributed by atoms with Gasteiger partial charge in [-0.25, -0.2) is 4.79 Å². The van der Waals surface area contributed by atoms with Gasteiger partial charge in [0.1, 0.15) is 17.9 Å². The summed E-state index contributed by atoms with van der Waals surface area (Å²) in [6.45, 7) is 3.65. The molecule has 2 heterocycles. The average Bonchev–Trinajstić information content (AvgIpc) is 3.12. The molecule has 0 fully saturated rings. The van der Waals surface area contributed by atoms with E-state index >= 15 is 0 Å². The zero-order valence-corrected chi connectivity index (χ0v) is 13.9. The lowest BCUT2D eigenvalue weighted by Gasteiger charge is -2.13. The van der Waals surface area contributed by atoms with E-state index in [1.807, 2.05) is 0 Å². The molecule has 0 saturated heterocycles. The van der Waals surface area contributed by atoms with Gasteiger partial charge in [-0.3, -0.25) is 15.1 Å². The molecular formula is C16H15N4O5-. The molecule has 2 aromatic heterocycles. The van der Waals surface area contributed by atoms with E-state index in [1.54, 1.807) is 26.0 Å². The standard InChI is InChI=1S/C16H15N4O5/c1-8-10-4-5-12(24-7-13-17-19-20-18-13)9(2)15(10)25-16(22)11(8)6-14(21)23-3/h4-5H,6-7H2,1-3H3/q-1. The van der Waals surface area contributed by atoms with Gasteiger partial charge in [0.2, 0.25) is 0 Å². The summed E-state index contributed by atoms with van der Waals surface area (Å²) in [4.78, 5) is 23.8. The van der Waals surface area contributed by atoms with Crippen molar-refractivity contribution in [3.63, 3.8) is 0 Å². The van der Waals surface area contributed by atoms with Crippen molar-refractivity contribution in [2.45, 2.75) is 26.9 Å². The molecule has 0 radical (unpaired) electrons. The molecule has 0 bridgehead atoms. The van der Waals surface area contributed by atoms with Gasteiger partial charge in [-0.1, -0.05) is 0 Å². The van der Waals surface area contributed by atoms with Crippen LogP contribution in [0, 0.1) is 13.8 Å². The normalized spacial score (nSPS) is 10.8. The number of benzene rings is 1. The number of hydrogen-bond donors (Lipinski definition) is 0. The highest BCUT2D eigenvalue weighted by atomic mass is 16.5. The second-order valence-electron chi connectivity index (χ2n) is 5.40. The number of rotatable bonds is 5. The van der Waals surface area contributed by atoms with E-state index < -0.39 is 11.6 Å². The Bertz CT molecular complexity index is 978. The Morgan fingerprint density at radius 1 is 1.28 bits per heavy atom. The smallest absolute Gasteiger partial charge is 0.340 e. The molecule has 9 heteroatoms. The third-order valence-electron chi connectivity index (χ3n) is 3.92. The number of fused-ring (bicyclic) bond motifs is 1. The lowest BCUT2D eigenvalue weighted by Crippen LogP contribution is -2.16. The Hall–Kier alpha value is -3.23. The van der Waals surface area contributed by atoms with Crippen LogP contribution in [0.3, 0.4) is 0 Å². The predicted octanol–water partition coefficient (Wildman–Crippen LogP) is 0.847. The van der Waals surface area contributed by atoms with Crippen molar-refractivity contribution >= 4 is 16.9 Å². The van der Waals surface area contributed by atoms with Gasteiger partial charge in [0, 0.05) is 16.8 Å². The Balaban J connectivity index is 2.00. The van der Waals surface area contributed by atoms with Gasteiger partial charge in [-0.15, -0.1) is 0 Å². The molecule has 0 unspecified atom stereocenters. The molecular weight excluding hydrogens is 328 g/mol. The van der Waals surface area contributed by atoms with Crippen LogP contribution in [0.2, 0.25) is 0 Å². The van der Waals surface area contributed by atoms with Crippen molar-refractivity contribution in [1.82, 2.24) is 20.6 Å². The van der Waals surface area contributed by atoms with Crippen LogP contribution in [0.15, 0.2) is 21.3 Å². The lowest BCUT2D eigenvalue weighted by atomic mass is 10.0. The van der Waals surface area contributed by atoms with Gasteiger partial charge in [-0.05, 0) is 31.5 Å². The van der Waals surface area contributed by atoms with E-state index in [-0.39, 0.29) is 18.6 Å². The molecule has 0 aliphatic rings. The van der Waals surface area contributed by atoms with Crippen LogP contribution in [0.25, 0.3) is 11.0 Å². The monoisotopic (exact) mass is 343 g/mol. The van der Waals surface area contributed by atoms with Crippen molar-refractivity contribution in [2.24, 2.45) is 0 Å². The number of ether oxygens (including phenoxy) is 2. The number of tetrazole rings is 1. The minimum absolute atomic E-state index is 0.100. The molecule has 0 atom stereocenters. The maximum atomic E-state index is 12.3. The third-order valence-corrected chi connectivity index (χ3v) is 3.92. The molecule has 0 N–H and O–H groups in total. The second kappa shape index (κ2) is 6.71. The van der Waals surface area contributed by atoms with Crippen molar-refractivity contribution < 1.29 is 18.7 Å². The minimum atomic E-state index is -0.566. The largest absolute Gasteiger partial charge is 0.488 e. The molecule has 25 heavy (non-hydrogen) atoms. The average molecular weight is 343 g/mol. The van der Waals surface area contributed by atoms with Crippen LogP contribution in [0.1, 0.15) is 22.5 Å². The molecule has 3 aromatic rings. The molecule has 9 nitrogen and oxygen atoms in total. The summed E-state index contributed by atoms with van der Waals surface area (Å²) < 4.78 is 15.7. The fourth-order valence-electron chi connectivity index (χ4n) is 2.51. The first kappa shape index (κ1) is 16.6. The maximum absolute atomic E-state index is 12.3. The molecule has 0 aliphatic heterocycles. The highest BCUT2D eigenvalue weighted by molar-refractivity contribution is 5.86. The van der Waals surface area contributed by atoms with E-state index in [9.17, 15) is 9.59 Å². The summed E-state index contributed by atoms with van der Waals surface area (Å²) in [7, 11) is 1.27. The quantitative estimate of drug-likeness (QED) is 0.490. The van der Waals surface area contributed by atoms with Gasteiger partial charge in [0.05, 0.1) is 19.1 Å². The first-order valence-electron chi connectivity index (χ1n) is 7.44. The summed E-state index contributed by atoms with van der Waals surface area (Å²) in [5.74, 6) is 0.384. The molecule has 3 rings (SSSR count). The van der Waals surface area contributed by atoms with Crippen molar-refractivity contribution in [3.05, 3.63) is 45.1 Å². The molecule has 0 spiro atoms.